The van der Waals surface area contributed by atoms with Crippen LogP contribution in [0.15, 0.2) is 173 Å². The predicted molar refractivity (Wildman–Crippen MR) is 235 cm³/mol. The van der Waals surface area contributed by atoms with Crippen LogP contribution >= 0.6 is 0 Å². The van der Waals surface area contributed by atoms with Crippen LogP contribution in [0.2, 0.25) is 0 Å². The van der Waals surface area contributed by atoms with Gasteiger partial charge in [0, 0.05) is 54.7 Å². The molecule has 12 rings (SSSR count). The van der Waals surface area contributed by atoms with E-state index in [1.54, 1.807) is 0 Å². The largest absolute Gasteiger partial charge is 0.455 e. The zero-order valence-electron chi connectivity index (χ0n) is 31.6. The molecule has 6 heteroatoms. The van der Waals surface area contributed by atoms with Gasteiger partial charge in [0.25, 0.3) is 0 Å². The summed E-state index contributed by atoms with van der Waals surface area (Å²) in [6.07, 6.45) is 5.61. The van der Waals surface area contributed by atoms with Gasteiger partial charge in [-0.25, -0.2) is 15.0 Å². The van der Waals surface area contributed by atoms with Crippen molar-refractivity contribution >= 4 is 60.9 Å². The van der Waals surface area contributed by atoms with Crippen LogP contribution in [-0.4, -0.2) is 19.5 Å². The summed E-state index contributed by atoms with van der Waals surface area (Å²) in [4.78, 5) is 14.8. The van der Waals surface area contributed by atoms with Crippen molar-refractivity contribution in [1.82, 2.24) is 19.5 Å². The standard InChI is InChI=1S/C52H34N4O2/c1-31-14-10-26-43-46(31)41-19-8-9-25-42(41)56(43)44-27-13-24-40-39-23-12-22-38(48(39)58-49(40)44)37-21-11-20-36-35-29-28-34(30-45(35)57-47(36)37)52-54-50(32-15-4-2-5-16-32)53-51(55-52)33-17-6-3-7-18-33/h2-13,15-31H,14H2,1H3. The molecule has 0 saturated carbocycles. The molecule has 1 aliphatic rings. The van der Waals surface area contributed by atoms with Crippen LogP contribution in [0.5, 0.6) is 0 Å². The van der Waals surface area contributed by atoms with Gasteiger partial charge in [-0.2, -0.15) is 0 Å². The van der Waals surface area contributed by atoms with Crippen molar-refractivity contribution in [3.05, 3.63) is 175 Å². The number of hydrogen-bond donors (Lipinski definition) is 0. The molecule has 0 saturated heterocycles. The zero-order chi connectivity index (χ0) is 38.3. The summed E-state index contributed by atoms with van der Waals surface area (Å²) >= 11 is 0. The van der Waals surface area contributed by atoms with E-state index >= 15 is 0 Å². The lowest BCUT2D eigenvalue weighted by atomic mass is 9.91. The normalized spacial score (nSPS) is 14.0. The number of para-hydroxylation sites is 4. The van der Waals surface area contributed by atoms with Gasteiger partial charge >= 0.3 is 0 Å². The fourth-order valence-corrected chi connectivity index (χ4v) is 9.01. The first kappa shape index (κ1) is 32.7. The maximum Gasteiger partial charge on any atom is 0.164 e. The number of rotatable bonds is 5. The van der Waals surface area contributed by atoms with E-state index in [9.17, 15) is 0 Å². The molecule has 58 heavy (non-hydrogen) atoms. The van der Waals surface area contributed by atoms with E-state index in [-0.39, 0.29) is 0 Å². The van der Waals surface area contributed by atoms with E-state index in [2.05, 4.69) is 115 Å². The highest BCUT2D eigenvalue weighted by Crippen LogP contribution is 2.45. The Kier molecular flexibility index (Phi) is 7.17. The quantitative estimate of drug-likeness (QED) is 0.175. The molecule has 0 aliphatic heterocycles. The lowest BCUT2D eigenvalue weighted by Crippen LogP contribution is -2.03. The topological polar surface area (TPSA) is 69.9 Å². The van der Waals surface area contributed by atoms with Crippen molar-refractivity contribution < 1.29 is 8.83 Å². The SMILES string of the molecule is CC1CC=Cc2c1c1ccccc1n2-c1cccc2c1oc1c(-c3cccc4c3oc3cc(-c5nc(-c6ccccc6)nc(-c6ccccc6)n5)ccc34)cccc12. The second-order valence-corrected chi connectivity index (χ2v) is 15.2. The first-order valence-electron chi connectivity index (χ1n) is 19.8. The van der Waals surface area contributed by atoms with Gasteiger partial charge in [0.15, 0.2) is 23.1 Å². The first-order valence-corrected chi connectivity index (χ1v) is 19.8. The van der Waals surface area contributed by atoms with Crippen LogP contribution in [0.4, 0.5) is 0 Å². The number of fused-ring (bicyclic) bond motifs is 9. The Labute approximate surface area is 333 Å². The summed E-state index contributed by atoms with van der Waals surface area (Å²) in [6.45, 7) is 2.32. The molecular weight excluding hydrogens is 713 g/mol. The lowest BCUT2D eigenvalue weighted by molar-refractivity contribution is 0.663. The van der Waals surface area contributed by atoms with Gasteiger partial charge in [0.2, 0.25) is 0 Å². The Bertz CT molecular complexity index is 3390. The third-order valence-electron chi connectivity index (χ3n) is 11.7. The number of allylic oxidation sites excluding steroid dienone is 1. The number of benzene rings is 7. The zero-order valence-corrected chi connectivity index (χ0v) is 31.6. The minimum absolute atomic E-state index is 0.434. The van der Waals surface area contributed by atoms with Crippen LogP contribution in [0.1, 0.15) is 30.5 Å². The summed E-state index contributed by atoms with van der Waals surface area (Å²) in [5.74, 6) is 2.26. The minimum atomic E-state index is 0.434. The summed E-state index contributed by atoms with van der Waals surface area (Å²) in [7, 11) is 0. The molecule has 0 spiro atoms. The number of aromatic nitrogens is 4. The second-order valence-electron chi connectivity index (χ2n) is 15.2. The van der Waals surface area contributed by atoms with Crippen LogP contribution in [0.25, 0.3) is 112 Å². The summed E-state index contributed by atoms with van der Waals surface area (Å²) in [5.41, 5.74) is 12.8. The molecule has 0 fully saturated rings. The monoisotopic (exact) mass is 746 g/mol. The molecule has 0 amide bonds. The Morgan fingerprint density at radius 3 is 1.78 bits per heavy atom. The highest BCUT2D eigenvalue weighted by molar-refractivity contribution is 6.16. The molecule has 0 bridgehead atoms. The maximum absolute atomic E-state index is 7.05. The van der Waals surface area contributed by atoms with Crippen molar-refractivity contribution in [2.75, 3.05) is 0 Å². The summed E-state index contributed by atoms with van der Waals surface area (Å²) < 4.78 is 16.3. The van der Waals surface area contributed by atoms with Gasteiger partial charge < -0.3 is 13.4 Å². The molecule has 1 aliphatic carbocycles. The minimum Gasteiger partial charge on any atom is -0.455 e. The maximum atomic E-state index is 7.05. The van der Waals surface area contributed by atoms with Crippen LogP contribution < -0.4 is 0 Å². The van der Waals surface area contributed by atoms with Crippen molar-refractivity contribution in [3.63, 3.8) is 0 Å². The second kappa shape index (κ2) is 12.7. The highest BCUT2D eigenvalue weighted by atomic mass is 16.3. The average Bonchev–Trinajstić information content (AvgIpc) is 3.97. The summed E-state index contributed by atoms with van der Waals surface area (Å²) in [5, 5.41) is 5.50. The van der Waals surface area contributed by atoms with Gasteiger partial charge in [-0.3, -0.25) is 0 Å². The van der Waals surface area contributed by atoms with E-state index in [4.69, 9.17) is 23.8 Å². The van der Waals surface area contributed by atoms with Crippen molar-refractivity contribution in [3.8, 4) is 51.0 Å². The van der Waals surface area contributed by atoms with Gasteiger partial charge in [0.1, 0.15) is 16.7 Å². The fraction of sp³-hybridized carbons (Fsp3) is 0.0577. The molecule has 4 aromatic heterocycles. The third kappa shape index (κ3) is 4.95. The van der Waals surface area contributed by atoms with Crippen molar-refractivity contribution in [1.29, 1.82) is 0 Å². The molecular formula is C52H34N4O2. The average molecular weight is 747 g/mol. The molecule has 0 radical (unpaired) electrons. The Morgan fingerprint density at radius 2 is 1.07 bits per heavy atom. The van der Waals surface area contributed by atoms with E-state index in [0.717, 1.165) is 83.8 Å². The number of hydrogen-bond acceptors (Lipinski definition) is 5. The van der Waals surface area contributed by atoms with E-state index in [1.165, 1.54) is 22.2 Å². The van der Waals surface area contributed by atoms with E-state index in [1.807, 2.05) is 66.7 Å². The Morgan fingerprint density at radius 1 is 0.500 bits per heavy atom. The van der Waals surface area contributed by atoms with Crippen molar-refractivity contribution in [2.24, 2.45) is 0 Å². The lowest BCUT2D eigenvalue weighted by Gasteiger charge is -2.16. The fourth-order valence-electron chi connectivity index (χ4n) is 9.01. The predicted octanol–water partition coefficient (Wildman–Crippen LogP) is 13.8. The van der Waals surface area contributed by atoms with Crippen LogP contribution in [0.3, 0.4) is 0 Å². The van der Waals surface area contributed by atoms with Crippen LogP contribution in [-0.2, 0) is 0 Å². The smallest absolute Gasteiger partial charge is 0.164 e. The summed E-state index contributed by atoms with van der Waals surface area (Å²) in [6, 6.07) is 54.3. The molecule has 6 nitrogen and oxygen atoms in total. The third-order valence-corrected chi connectivity index (χ3v) is 11.7. The van der Waals surface area contributed by atoms with Gasteiger partial charge in [-0.1, -0.05) is 146 Å². The Balaban J connectivity index is 1.02. The van der Waals surface area contributed by atoms with Crippen molar-refractivity contribution in [2.45, 2.75) is 19.3 Å². The Hall–Kier alpha value is -7.57. The molecule has 1 unspecified atom stereocenters. The molecule has 1 atom stereocenters. The van der Waals surface area contributed by atoms with Gasteiger partial charge in [-0.15, -0.1) is 0 Å². The molecule has 274 valence electrons. The van der Waals surface area contributed by atoms with Gasteiger partial charge in [-0.05, 0) is 48.2 Å². The highest BCUT2D eigenvalue weighted by Gasteiger charge is 2.26. The van der Waals surface area contributed by atoms with E-state index < -0.39 is 0 Å². The van der Waals surface area contributed by atoms with E-state index in [0.29, 0.717) is 23.4 Å². The number of furan rings is 2. The molecule has 0 N–H and O–H groups in total. The van der Waals surface area contributed by atoms with Gasteiger partial charge in [0.05, 0.1) is 16.9 Å². The number of nitrogens with zero attached hydrogens (tertiary/aromatic N) is 4. The van der Waals surface area contributed by atoms with Crippen LogP contribution in [0, 0.1) is 0 Å². The molecule has 7 aromatic carbocycles. The first-order chi connectivity index (χ1) is 28.7. The molecule has 11 aromatic rings. The molecule has 4 heterocycles.